The molecule has 2 rings (SSSR count). The first-order valence-corrected chi connectivity index (χ1v) is 7.28. The van der Waals surface area contributed by atoms with Crippen LogP contribution in [0, 0.1) is 5.92 Å². The summed E-state index contributed by atoms with van der Waals surface area (Å²) >= 11 is 0. The number of nitrogens with zero attached hydrogens (tertiary/aromatic N) is 1. The summed E-state index contributed by atoms with van der Waals surface area (Å²) in [5.74, 6) is 7.20. The smallest absolute Gasteiger partial charge is 0.138 e. The van der Waals surface area contributed by atoms with Crippen LogP contribution in [0.5, 0.6) is 5.75 Å². The van der Waals surface area contributed by atoms with Crippen molar-refractivity contribution in [1.82, 2.24) is 10.4 Å². The molecule has 106 valence electrons. The molecule has 19 heavy (non-hydrogen) atoms. The summed E-state index contributed by atoms with van der Waals surface area (Å²) in [5, 5.41) is 0. The fraction of sp³-hybridized carbons (Fsp3) is 0.667. The zero-order valence-corrected chi connectivity index (χ0v) is 11.9. The van der Waals surface area contributed by atoms with E-state index in [1.54, 1.807) is 6.20 Å². The summed E-state index contributed by atoms with van der Waals surface area (Å²) in [6.45, 7) is 4.04. The Morgan fingerprint density at radius 3 is 2.63 bits per heavy atom. The van der Waals surface area contributed by atoms with E-state index in [9.17, 15) is 0 Å². The van der Waals surface area contributed by atoms with Crippen LogP contribution >= 0.6 is 0 Å². The number of nitrogens with two attached hydrogens (primary N) is 1. The van der Waals surface area contributed by atoms with Crippen LogP contribution in [0.4, 0.5) is 0 Å². The lowest BCUT2D eigenvalue weighted by Gasteiger charge is -2.30. The molecule has 1 aromatic heterocycles. The van der Waals surface area contributed by atoms with Gasteiger partial charge < -0.3 is 4.74 Å². The van der Waals surface area contributed by atoms with Crippen molar-refractivity contribution in [2.75, 3.05) is 0 Å². The lowest BCUT2D eigenvalue weighted by Crippen LogP contribution is -2.34. The molecule has 0 bridgehead atoms. The van der Waals surface area contributed by atoms with Crippen LogP contribution in [-0.2, 0) is 0 Å². The van der Waals surface area contributed by atoms with Crippen molar-refractivity contribution in [1.29, 1.82) is 0 Å². The molecular weight excluding hydrogens is 238 g/mol. The van der Waals surface area contributed by atoms with E-state index in [1.807, 2.05) is 20.0 Å². The third kappa shape index (κ3) is 3.91. The molecule has 1 atom stereocenters. The second-order valence-corrected chi connectivity index (χ2v) is 5.66. The predicted molar refractivity (Wildman–Crippen MR) is 76.6 cm³/mol. The number of rotatable bonds is 5. The average molecular weight is 263 g/mol. The van der Waals surface area contributed by atoms with E-state index < -0.39 is 0 Å². The Bertz CT molecular complexity index is 389. The van der Waals surface area contributed by atoms with Crippen LogP contribution in [0.3, 0.4) is 0 Å². The number of hydrogen-bond acceptors (Lipinski definition) is 4. The predicted octanol–water partition coefficient (Wildman–Crippen LogP) is 2.95. The molecule has 1 aromatic rings. The molecule has 0 amide bonds. The van der Waals surface area contributed by atoms with E-state index in [4.69, 9.17) is 10.6 Å². The highest BCUT2D eigenvalue weighted by Gasteiger charge is 2.24. The Hall–Kier alpha value is -1.13. The quantitative estimate of drug-likeness (QED) is 0.633. The van der Waals surface area contributed by atoms with Crippen molar-refractivity contribution in [2.24, 2.45) is 11.8 Å². The number of hydrogen-bond donors (Lipinski definition) is 2. The molecule has 1 aliphatic rings. The van der Waals surface area contributed by atoms with E-state index >= 15 is 0 Å². The van der Waals surface area contributed by atoms with E-state index in [1.165, 1.54) is 32.1 Å². The molecule has 1 unspecified atom stereocenters. The number of aromatic nitrogens is 1. The fourth-order valence-corrected chi connectivity index (χ4v) is 2.91. The molecule has 4 heteroatoms. The van der Waals surface area contributed by atoms with Gasteiger partial charge >= 0.3 is 0 Å². The lowest BCUT2D eigenvalue weighted by molar-refractivity contribution is 0.239. The summed E-state index contributed by atoms with van der Waals surface area (Å²) in [4.78, 5) is 4.28. The topological polar surface area (TPSA) is 60.2 Å². The molecule has 4 nitrogen and oxygen atoms in total. The monoisotopic (exact) mass is 263 g/mol. The molecule has 0 aromatic carbocycles. The fourth-order valence-electron chi connectivity index (χ4n) is 2.91. The maximum absolute atomic E-state index is 5.77. The highest BCUT2D eigenvalue weighted by molar-refractivity contribution is 5.26. The number of ether oxygens (including phenoxy) is 1. The molecule has 3 N–H and O–H groups in total. The summed E-state index contributed by atoms with van der Waals surface area (Å²) in [6, 6.07) is 2.25. The van der Waals surface area contributed by atoms with Crippen LogP contribution in [0.1, 0.15) is 57.6 Å². The van der Waals surface area contributed by atoms with Gasteiger partial charge in [-0.3, -0.25) is 16.3 Å². The second-order valence-electron chi connectivity index (χ2n) is 5.66. The minimum atomic E-state index is 0.163. The zero-order chi connectivity index (χ0) is 13.7. The van der Waals surface area contributed by atoms with Crippen LogP contribution in [0.25, 0.3) is 0 Å². The summed E-state index contributed by atoms with van der Waals surface area (Å²) < 4.78 is 5.71. The van der Waals surface area contributed by atoms with Crippen LogP contribution in [-0.4, -0.2) is 11.1 Å². The molecule has 1 fully saturated rings. The molecule has 0 saturated heterocycles. The highest BCUT2D eigenvalue weighted by atomic mass is 16.5. The summed E-state index contributed by atoms with van der Waals surface area (Å²) in [6.07, 6.45) is 10.3. The van der Waals surface area contributed by atoms with E-state index in [0.29, 0.717) is 5.92 Å². The SMILES string of the molecule is CC(C)Oc1cncc(C(NN)C2CCCCC2)c1. The molecule has 0 radical (unpaired) electrons. The number of hydrazine groups is 1. The number of pyridine rings is 1. The van der Waals surface area contributed by atoms with Crippen molar-refractivity contribution >= 4 is 0 Å². The lowest BCUT2D eigenvalue weighted by atomic mass is 9.82. The van der Waals surface area contributed by atoms with Gasteiger partial charge in [-0.1, -0.05) is 19.3 Å². The Kier molecular flexibility index (Phi) is 5.16. The van der Waals surface area contributed by atoms with Gasteiger partial charge in [-0.25, -0.2) is 0 Å². The van der Waals surface area contributed by atoms with Gasteiger partial charge in [0.25, 0.3) is 0 Å². The van der Waals surface area contributed by atoms with Gasteiger partial charge in [0, 0.05) is 6.20 Å². The first-order valence-electron chi connectivity index (χ1n) is 7.28. The van der Waals surface area contributed by atoms with Gasteiger partial charge in [-0.05, 0) is 44.2 Å². The first kappa shape index (κ1) is 14.3. The second kappa shape index (κ2) is 6.87. The molecule has 1 aliphatic carbocycles. The van der Waals surface area contributed by atoms with Crippen molar-refractivity contribution in [2.45, 2.75) is 58.1 Å². The third-order valence-corrected chi connectivity index (χ3v) is 3.77. The van der Waals surface area contributed by atoms with Gasteiger partial charge in [-0.15, -0.1) is 0 Å². The summed E-state index contributed by atoms with van der Waals surface area (Å²) in [5.41, 5.74) is 4.11. The minimum absolute atomic E-state index is 0.163. The van der Waals surface area contributed by atoms with Crippen molar-refractivity contribution in [3.8, 4) is 5.75 Å². The van der Waals surface area contributed by atoms with E-state index in [-0.39, 0.29) is 12.1 Å². The maximum Gasteiger partial charge on any atom is 0.138 e. The van der Waals surface area contributed by atoms with Crippen LogP contribution < -0.4 is 16.0 Å². The van der Waals surface area contributed by atoms with Gasteiger partial charge in [0.05, 0.1) is 18.3 Å². The molecular formula is C15H25N3O. The first-order chi connectivity index (χ1) is 9.20. The largest absolute Gasteiger partial charge is 0.489 e. The molecule has 1 heterocycles. The molecule has 0 spiro atoms. The molecule has 0 aliphatic heterocycles. The van der Waals surface area contributed by atoms with E-state index in [2.05, 4.69) is 16.5 Å². The standard InChI is InChI=1S/C15H25N3O/c1-11(2)19-14-8-13(9-17-10-14)15(18-16)12-6-4-3-5-7-12/h8-12,15,18H,3-7,16H2,1-2H3. The Labute approximate surface area is 115 Å². The van der Waals surface area contributed by atoms with Crippen molar-refractivity contribution in [3.63, 3.8) is 0 Å². The van der Waals surface area contributed by atoms with Gasteiger partial charge in [-0.2, -0.15) is 0 Å². The Morgan fingerprint density at radius 1 is 1.26 bits per heavy atom. The molecule has 1 saturated carbocycles. The average Bonchev–Trinajstić information content (AvgIpc) is 2.40. The Balaban J connectivity index is 2.12. The van der Waals surface area contributed by atoms with Gasteiger partial charge in [0.15, 0.2) is 0 Å². The van der Waals surface area contributed by atoms with Crippen LogP contribution in [0.2, 0.25) is 0 Å². The van der Waals surface area contributed by atoms with Gasteiger partial charge in [0.1, 0.15) is 5.75 Å². The zero-order valence-electron chi connectivity index (χ0n) is 11.9. The number of nitrogens with one attached hydrogen (secondary N) is 1. The van der Waals surface area contributed by atoms with E-state index in [0.717, 1.165) is 11.3 Å². The maximum atomic E-state index is 5.77. The van der Waals surface area contributed by atoms with Crippen molar-refractivity contribution in [3.05, 3.63) is 24.0 Å². The highest BCUT2D eigenvalue weighted by Crippen LogP contribution is 2.34. The Morgan fingerprint density at radius 2 is 2.00 bits per heavy atom. The normalized spacial score (nSPS) is 18.5. The summed E-state index contributed by atoms with van der Waals surface area (Å²) in [7, 11) is 0. The van der Waals surface area contributed by atoms with Gasteiger partial charge in [0.2, 0.25) is 0 Å². The third-order valence-electron chi connectivity index (χ3n) is 3.77. The van der Waals surface area contributed by atoms with Crippen LogP contribution in [0.15, 0.2) is 18.5 Å². The van der Waals surface area contributed by atoms with Crippen molar-refractivity contribution < 1.29 is 4.74 Å². The minimum Gasteiger partial charge on any atom is -0.489 e.